The van der Waals surface area contributed by atoms with Crippen LogP contribution in [0.3, 0.4) is 0 Å². The summed E-state index contributed by atoms with van der Waals surface area (Å²) >= 11 is 0. The number of nitrogens with one attached hydrogen (secondary N) is 1. The molecule has 0 aliphatic carbocycles. The molecule has 1 heterocycles. The number of hydrogen-bond donors (Lipinski definition) is 1. The van der Waals surface area contributed by atoms with E-state index in [1.54, 1.807) is 7.11 Å². The Labute approximate surface area is 80.8 Å². The second-order valence-corrected chi connectivity index (χ2v) is 3.70. The molecule has 0 radical (unpaired) electrons. The molecule has 0 bridgehead atoms. The lowest BCUT2D eigenvalue weighted by molar-refractivity contribution is 0.102. The molecule has 0 aromatic rings. The molecule has 78 valence electrons. The molecule has 3 heteroatoms. The van der Waals surface area contributed by atoms with E-state index in [0.29, 0.717) is 18.2 Å². The highest BCUT2D eigenvalue weighted by molar-refractivity contribution is 4.82. The summed E-state index contributed by atoms with van der Waals surface area (Å²) in [5, 5.41) is 3.57. The summed E-state index contributed by atoms with van der Waals surface area (Å²) in [6, 6.07) is 0.985. The Kier molecular flexibility index (Phi) is 4.70. The van der Waals surface area contributed by atoms with Crippen molar-refractivity contribution < 1.29 is 9.47 Å². The molecule has 3 atom stereocenters. The van der Waals surface area contributed by atoms with Crippen molar-refractivity contribution in [3.63, 3.8) is 0 Å². The second kappa shape index (κ2) is 5.58. The summed E-state index contributed by atoms with van der Waals surface area (Å²) in [7, 11) is 1.75. The fourth-order valence-electron chi connectivity index (χ4n) is 1.74. The third-order valence-corrected chi connectivity index (χ3v) is 2.69. The molecule has 1 fully saturated rings. The van der Waals surface area contributed by atoms with E-state index in [1.165, 1.54) is 0 Å². The maximum atomic E-state index is 5.49. The van der Waals surface area contributed by atoms with Crippen molar-refractivity contribution in [1.82, 2.24) is 5.32 Å². The Morgan fingerprint density at radius 2 is 2.38 bits per heavy atom. The molecule has 0 spiro atoms. The number of methoxy groups -OCH3 is 1. The van der Waals surface area contributed by atoms with Crippen LogP contribution in [0.4, 0.5) is 0 Å². The minimum atomic E-state index is 0.353. The topological polar surface area (TPSA) is 30.5 Å². The third kappa shape index (κ3) is 3.25. The summed E-state index contributed by atoms with van der Waals surface area (Å²) < 4.78 is 10.6. The van der Waals surface area contributed by atoms with Gasteiger partial charge in [0.2, 0.25) is 0 Å². The highest BCUT2D eigenvalue weighted by Crippen LogP contribution is 2.13. The largest absolute Gasteiger partial charge is 0.383 e. The van der Waals surface area contributed by atoms with Crippen LogP contribution in [-0.2, 0) is 9.47 Å². The molecule has 0 aromatic carbocycles. The van der Waals surface area contributed by atoms with Gasteiger partial charge in [0.1, 0.15) is 0 Å². The van der Waals surface area contributed by atoms with E-state index in [1.807, 2.05) is 0 Å². The Bertz CT molecular complexity index is 141. The summed E-state index contributed by atoms with van der Waals surface area (Å²) in [5.74, 6) is 0. The SMILES string of the molecule is CCC(COC)NC1CCOC1C. The van der Waals surface area contributed by atoms with Crippen LogP contribution in [0.25, 0.3) is 0 Å². The van der Waals surface area contributed by atoms with Crippen LogP contribution in [0.15, 0.2) is 0 Å². The van der Waals surface area contributed by atoms with Crippen LogP contribution < -0.4 is 5.32 Å². The lowest BCUT2D eigenvalue weighted by Crippen LogP contribution is -2.43. The quantitative estimate of drug-likeness (QED) is 0.701. The smallest absolute Gasteiger partial charge is 0.0700 e. The van der Waals surface area contributed by atoms with Gasteiger partial charge in [-0.1, -0.05) is 6.92 Å². The number of rotatable bonds is 5. The minimum absolute atomic E-state index is 0.353. The fraction of sp³-hybridized carbons (Fsp3) is 1.00. The van der Waals surface area contributed by atoms with E-state index < -0.39 is 0 Å². The molecule has 1 rings (SSSR count). The summed E-state index contributed by atoms with van der Waals surface area (Å²) in [4.78, 5) is 0. The van der Waals surface area contributed by atoms with Gasteiger partial charge in [-0.3, -0.25) is 0 Å². The van der Waals surface area contributed by atoms with Crippen molar-refractivity contribution in [2.75, 3.05) is 20.3 Å². The monoisotopic (exact) mass is 187 g/mol. The number of ether oxygens (including phenoxy) is 2. The Morgan fingerprint density at radius 1 is 1.62 bits per heavy atom. The molecule has 3 unspecified atom stereocenters. The molecule has 1 aliphatic rings. The zero-order valence-electron chi connectivity index (χ0n) is 8.88. The third-order valence-electron chi connectivity index (χ3n) is 2.69. The highest BCUT2D eigenvalue weighted by Gasteiger charge is 2.25. The first-order chi connectivity index (χ1) is 6.27. The van der Waals surface area contributed by atoms with E-state index >= 15 is 0 Å². The van der Waals surface area contributed by atoms with Gasteiger partial charge in [-0.05, 0) is 19.8 Å². The maximum absolute atomic E-state index is 5.49. The molecular formula is C10H21NO2. The van der Waals surface area contributed by atoms with Crippen LogP contribution >= 0.6 is 0 Å². The van der Waals surface area contributed by atoms with E-state index in [2.05, 4.69) is 19.2 Å². The maximum Gasteiger partial charge on any atom is 0.0700 e. The summed E-state index contributed by atoms with van der Waals surface area (Å²) in [6.45, 7) is 5.99. The highest BCUT2D eigenvalue weighted by atomic mass is 16.5. The molecule has 3 nitrogen and oxygen atoms in total. The molecule has 1 N–H and O–H groups in total. The average Bonchev–Trinajstić information content (AvgIpc) is 2.51. The van der Waals surface area contributed by atoms with Gasteiger partial charge in [0.25, 0.3) is 0 Å². The first kappa shape index (κ1) is 11.0. The minimum Gasteiger partial charge on any atom is -0.383 e. The molecule has 13 heavy (non-hydrogen) atoms. The van der Waals surface area contributed by atoms with Gasteiger partial charge in [0, 0.05) is 25.8 Å². The van der Waals surface area contributed by atoms with Crippen molar-refractivity contribution in [1.29, 1.82) is 0 Å². The normalized spacial score (nSPS) is 30.7. The van der Waals surface area contributed by atoms with E-state index in [9.17, 15) is 0 Å². The standard InChI is InChI=1S/C10H21NO2/c1-4-9(7-12-3)11-10-5-6-13-8(10)2/h8-11H,4-7H2,1-3H3. The first-order valence-electron chi connectivity index (χ1n) is 5.14. The van der Waals surface area contributed by atoms with E-state index in [0.717, 1.165) is 26.1 Å². The van der Waals surface area contributed by atoms with Crippen molar-refractivity contribution >= 4 is 0 Å². The van der Waals surface area contributed by atoms with Gasteiger partial charge in [-0.25, -0.2) is 0 Å². The van der Waals surface area contributed by atoms with Crippen LogP contribution in [0.2, 0.25) is 0 Å². The van der Waals surface area contributed by atoms with Gasteiger partial charge in [-0.2, -0.15) is 0 Å². The molecule has 1 aliphatic heterocycles. The van der Waals surface area contributed by atoms with Crippen molar-refractivity contribution in [2.45, 2.75) is 44.9 Å². The van der Waals surface area contributed by atoms with E-state index in [-0.39, 0.29) is 0 Å². The van der Waals surface area contributed by atoms with Crippen LogP contribution in [0.1, 0.15) is 26.7 Å². The molecule has 0 saturated carbocycles. The predicted molar refractivity (Wildman–Crippen MR) is 52.9 cm³/mol. The van der Waals surface area contributed by atoms with Gasteiger partial charge in [0.15, 0.2) is 0 Å². The zero-order chi connectivity index (χ0) is 9.68. The number of hydrogen-bond acceptors (Lipinski definition) is 3. The summed E-state index contributed by atoms with van der Waals surface area (Å²) in [6.07, 6.45) is 2.59. The van der Waals surface area contributed by atoms with Crippen molar-refractivity contribution in [3.05, 3.63) is 0 Å². The molecule has 0 aromatic heterocycles. The summed E-state index contributed by atoms with van der Waals surface area (Å²) in [5.41, 5.74) is 0. The Balaban J connectivity index is 2.27. The van der Waals surface area contributed by atoms with Crippen LogP contribution in [0.5, 0.6) is 0 Å². The first-order valence-corrected chi connectivity index (χ1v) is 5.14. The van der Waals surface area contributed by atoms with Gasteiger partial charge >= 0.3 is 0 Å². The fourth-order valence-corrected chi connectivity index (χ4v) is 1.74. The Hall–Kier alpha value is -0.120. The van der Waals surface area contributed by atoms with Crippen LogP contribution in [0, 0.1) is 0 Å². The lowest BCUT2D eigenvalue weighted by atomic mass is 10.1. The van der Waals surface area contributed by atoms with Gasteiger partial charge in [0.05, 0.1) is 12.7 Å². The molecule has 1 saturated heterocycles. The van der Waals surface area contributed by atoms with Gasteiger partial charge < -0.3 is 14.8 Å². The lowest BCUT2D eigenvalue weighted by Gasteiger charge is -2.23. The molecule has 0 amide bonds. The molecular weight excluding hydrogens is 166 g/mol. The second-order valence-electron chi connectivity index (χ2n) is 3.70. The van der Waals surface area contributed by atoms with Crippen molar-refractivity contribution in [3.8, 4) is 0 Å². The van der Waals surface area contributed by atoms with Gasteiger partial charge in [-0.15, -0.1) is 0 Å². The zero-order valence-corrected chi connectivity index (χ0v) is 8.88. The predicted octanol–water partition coefficient (Wildman–Crippen LogP) is 1.18. The van der Waals surface area contributed by atoms with Crippen molar-refractivity contribution in [2.24, 2.45) is 0 Å². The van der Waals surface area contributed by atoms with E-state index in [4.69, 9.17) is 9.47 Å². The Morgan fingerprint density at radius 3 is 2.85 bits per heavy atom. The van der Waals surface area contributed by atoms with Crippen LogP contribution in [-0.4, -0.2) is 38.5 Å². The average molecular weight is 187 g/mol.